The van der Waals surface area contributed by atoms with Crippen LogP contribution in [0.15, 0.2) is 42.5 Å². The number of aliphatic hydroxyl groups is 1. The summed E-state index contributed by atoms with van der Waals surface area (Å²) in [5.41, 5.74) is 3.39. The molecule has 1 aliphatic rings. The van der Waals surface area contributed by atoms with E-state index in [4.69, 9.17) is 23.2 Å². The van der Waals surface area contributed by atoms with E-state index in [1.807, 2.05) is 36.4 Å². The lowest BCUT2D eigenvalue weighted by Crippen LogP contribution is -2.15. The molecule has 19 heavy (non-hydrogen) atoms. The molecule has 2 atom stereocenters. The quantitative estimate of drug-likeness (QED) is 0.788. The molecule has 1 nitrogen and oxygen atoms in total. The standard InChI is InChI=1S/C16H14Cl2O/c17-14-7-5-10(9-15(14)18)11-6-8-16(19)13-4-2-1-3-12(11)13/h1-5,7,9,11,16,19H,6,8H2/t11-,16?/m1/s1. The van der Waals surface area contributed by atoms with E-state index < -0.39 is 0 Å². The van der Waals surface area contributed by atoms with Gasteiger partial charge in [-0.15, -0.1) is 0 Å². The summed E-state index contributed by atoms with van der Waals surface area (Å²) < 4.78 is 0. The maximum Gasteiger partial charge on any atom is 0.0793 e. The summed E-state index contributed by atoms with van der Waals surface area (Å²) in [5, 5.41) is 11.2. The zero-order chi connectivity index (χ0) is 13.4. The zero-order valence-corrected chi connectivity index (χ0v) is 11.8. The number of hydrogen-bond donors (Lipinski definition) is 1. The van der Waals surface area contributed by atoms with Gasteiger partial charge in [-0.1, -0.05) is 53.5 Å². The predicted octanol–water partition coefficient (Wildman–Crippen LogP) is 4.95. The van der Waals surface area contributed by atoms with E-state index in [2.05, 4.69) is 6.07 Å². The van der Waals surface area contributed by atoms with E-state index in [1.54, 1.807) is 0 Å². The van der Waals surface area contributed by atoms with Gasteiger partial charge in [-0.2, -0.15) is 0 Å². The molecule has 0 saturated carbocycles. The van der Waals surface area contributed by atoms with Gasteiger partial charge in [-0.3, -0.25) is 0 Å². The van der Waals surface area contributed by atoms with E-state index in [0.29, 0.717) is 10.0 Å². The SMILES string of the molecule is OC1CC[C@H](c2ccc(Cl)c(Cl)c2)c2ccccc21. The Morgan fingerprint density at radius 3 is 2.37 bits per heavy atom. The fraction of sp³-hybridized carbons (Fsp3) is 0.250. The monoisotopic (exact) mass is 292 g/mol. The van der Waals surface area contributed by atoms with Crippen LogP contribution in [-0.2, 0) is 0 Å². The smallest absolute Gasteiger partial charge is 0.0793 e. The molecule has 0 aliphatic heterocycles. The van der Waals surface area contributed by atoms with Crippen molar-refractivity contribution in [3.05, 3.63) is 69.2 Å². The highest BCUT2D eigenvalue weighted by Gasteiger charge is 2.26. The molecule has 0 bridgehead atoms. The van der Waals surface area contributed by atoms with Crippen molar-refractivity contribution in [3.63, 3.8) is 0 Å². The minimum Gasteiger partial charge on any atom is -0.388 e. The maximum absolute atomic E-state index is 10.1. The van der Waals surface area contributed by atoms with E-state index in [1.165, 1.54) is 5.56 Å². The molecule has 0 heterocycles. The van der Waals surface area contributed by atoms with Crippen LogP contribution >= 0.6 is 23.2 Å². The first kappa shape index (κ1) is 13.0. The van der Waals surface area contributed by atoms with Gasteiger partial charge < -0.3 is 5.11 Å². The molecule has 3 rings (SSSR count). The highest BCUT2D eigenvalue weighted by molar-refractivity contribution is 6.42. The van der Waals surface area contributed by atoms with Gasteiger partial charge in [0, 0.05) is 5.92 Å². The summed E-state index contributed by atoms with van der Waals surface area (Å²) >= 11 is 12.1. The topological polar surface area (TPSA) is 20.2 Å². The lowest BCUT2D eigenvalue weighted by atomic mass is 9.78. The highest BCUT2D eigenvalue weighted by Crippen LogP contribution is 2.42. The van der Waals surface area contributed by atoms with Gasteiger partial charge in [-0.05, 0) is 41.7 Å². The Morgan fingerprint density at radius 1 is 0.895 bits per heavy atom. The van der Waals surface area contributed by atoms with Gasteiger partial charge in [0.05, 0.1) is 16.1 Å². The van der Waals surface area contributed by atoms with Gasteiger partial charge in [-0.25, -0.2) is 0 Å². The summed E-state index contributed by atoms with van der Waals surface area (Å²) in [7, 11) is 0. The van der Waals surface area contributed by atoms with Crippen molar-refractivity contribution in [2.45, 2.75) is 24.9 Å². The van der Waals surface area contributed by atoms with Crippen molar-refractivity contribution in [2.75, 3.05) is 0 Å². The summed E-state index contributed by atoms with van der Waals surface area (Å²) in [6.45, 7) is 0. The van der Waals surface area contributed by atoms with Crippen molar-refractivity contribution < 1.29 is 5.11 Å². The first-order valence-electron chi connectivity index (χ1n) is 6.38. The van der Waals surface area contributed by atoms with E-state index in [9.17, 15) is 5.11 Å². The van der Waals surface area contributed by atoms with Crippen LogP contribution in [0.4, 0.5) is 0 Å². The van der Waals surface area contributed by atoms with Gasteiger partial charge in [0.25, 0.3) is 0 Å². The second kappa shape index (κ2) is 5.16. The molecule has 0 radical (unpaired) electrons. The van der Waals surface area contributed by atoms with Crippen LogP contribution in [0.25, 0.3) is 0 Å². The first-order valence-corrected chi connectivity index (χ1v) is 7.14. The second-order valence-electron chi connectivity index (χ2n) is 4.95. The van der Waals surface area contributed by atoms with Crippen LogP contribution in [0.2, 0.25) is 10.0 Å². The predicted molar refractivity (Wildman–Crippen MR) is 78.9 cm³/mol. The summed E-state index contributed by atoms with van der Waals surface area (Å²) in [6.07, 6.45) is 1.35. The summed E-state index contributed by atoms with van der Waals surface area (Å²) in [6, 6.07) is 13.9. The molecule has 0 aromatic heterocycles. The van der Waals surface area contributed by atoms with Crippen molar-refractivity contribution >= 4 is 23.2 Å². The molecule has 98 valence electrons. The van der Waals surface area contributed by atoms with Crippen LogP contribution < -0.4 is 0 Å². The molecule has 0 saturated heterocycles. The number of halogens is 2. The largest absolute Gasteiger partial charge is 0.388 e. The Morgan fingerprint density at radius 2 is 1.63 bits per heavy atom. The van der Waals surface area contributed by atoms with Crippen molar-refractivity contribution in [2.24, 2.45) is 0 Å². The number of hydrogen-bond acceptors (Lipinski definition) is 1. The molecule has 1 unspecified atom stereocenters. The Balaban J connectivity index is 2.07. The number of aliphatic hydroxyl groups excluding tert-OH is 1. The van der Waals surface area contributed by atoms with Gasteiger partial charge in [0.15, 0.2) is 0 Å². The van der Waals surface area contributed by atoms with Crippen molar-refractivity contribution in [3.8, 4) is 0 Å². The number of benzene rings is 2. The normalized spacial score (nSPS) is 22.1. The van der Waals surface area contributed by atoms with E-state index in [0.717, 1.165) is 24.0 Å². The molecular weight excluding hydrogens is 279 g/mol. The summed E-state index contributed by atoms with van der Waals surface area (Å²) in [4.78, 5) is 0. The third-order valence-electron chi connectivity index (χ3n) is 3.81. The first-order chi connectivity index (χ1) is 9.16. The van der Waals surface area contributed by atoms with Crippen LogP contribution in [-0.4, -0.2) is 5.11 Å². The van der Waals surface area contributed by atoms with Crippen molar-refractivity contribution in [1.82, 2.24) is 0 Å². The Labute approximate surface area is 122 Å². The Hall–Kier alpha value is -1.02. The molecule has 0 spiro atoms. The molecule has 0 fully saturated rings. The van der Waals surface area contributed by atoms with Crippen LogP contribution in [0.5, 0.6) is 0 Å². The zero-order valence-electron chi connectivity index (χ0n) is 10.3. The molecule has 3 heteroatoms. The second-order valence-corrected chi connectivity index (χ2v) is 5.76. The van der Waals surface area contributed by atoms with Gasteiger partial charge >= 0.3 is 0 Å². The maximum atomic E-state index is 10.1. The average molecular weight is 293 g/mol. The molecule has 0 amide bonds. The van der Waals surface area contributed by atoms with Crippen LogP contribution in [0.1, 0.15) is 41.6 Å². The summed E-state index contributed by atoms with van der Waals surface area (Å²) in [5.74, 6) is 0.286. The fourth-order valence-electron chi connectivity index (χ4n) is 2.84. The third kappa shape index (κ3) is 2.38. The molecule has 1 N–H and O–H groups in total. The average Bonchev–Trinajstić information content (AvgIpc) is 2.43. The Kier molecular flexibility index (Phi) is 3.53. The molecular formula is C16H14Cl2O. The molecule has 2 aromatic rings. The number of rotatable bonds is 1. The Bertz CT molecular complexity index is 609. The number of fused-ring (bicyclic) bond motifs is 1. The molecule has 2 aromatic carbocycles. The van der Waals surface area contributed by atoms with E-state index in [-0.39, 0.29) is 12.0 Å². The van der Waals surface area contributed by atoms with Gasteiger partial charge in [0.2, 0.25) is 0 Å². The van der Waals surface area contributed by atoms with Crippen LogP contribution in [0, 0.1) is 0 Å². The van der Waals surface area contributed by atoms with Gasteiger partial charge in [0.1, 0.15) is 0 Å². The fourth-order valence-corrected chi connectivity index (χ4v) is 3.15. The lowest BCUT2D eigenvalue weighted by molar-refractivity contribution is 0.153. The highest BCUT2D eigenvalue weighted by atomic mass is 35.5. The molecule has 1 aliphatic carbocycles. The van der Waals surface area contributed by atoms with E-state index >= 15 is 0 Å². The minimum absolute atomic E-state index is 0.286. The third-order valence-corrected chi connectivity index (χ3v) is 4.54. The van der Waals surface area contributed by atoms with Crippen LogP contribution in [0.3, 0.4) is 0 Å². The lowest BCUT2D eigenvalue weighted by Gasteiger charge is -2.29. The minimum atomic E-state index is -0.352. The van der Waals surface area contributed by atoms with Crippen molar-refractivity contribution in [1.29, 1.82) is 0 Å².